The predicted octanol–water partition coefficient (Wildman–Crippen LogP) is 6.61. The van der Waals surface area contributed by atoms with E-state index in [-0.39, 0.29) is 17.1 Å². The van der Waals surface area contributed by atoms with Crippen LogP contribution in [0.1, 0.15) is 41.3 Å². The molecule has 3 aromatic carbocycles. The molecule has 0 aliphatic rings. The molecule has 0 saturated heterocycles. The average Bonchev–Trinajstić information content (AvgIpc) is 2.81. The molecule has 0 bridgehead atoms. The Morgan fingerprint density at radius 3 is 2.09 bits per heavy atom. The second-order valence-electron chi connectivity index (χ2n) is 7.09. The molecule has 0 aliphatic carbocycles. The molecule has 0 heterocycles. The van der Waals surface area contributed by atoms with Gasteiger partial charge < -0.3 is 9.47 Å². The highest BCUT2D eigenvalue weighted by molar-refractivity contribution is 8.03. The number of halogens is 4. The van der Waals surface area contributed by atoms with Crippen LogP contribution in [-0.4, -0.2) is 12.6 Å². The fourth-order valence-electron chi connectivity index (χ4n) is 2.82. The van der Waals surface area contributed by atoms with Gasteiger partial charge in [-0.15, -0.1) is 0 Å². The van der Waals surface area contributed by atoms with Gasteiger partial charge in [-0.1, -0.05) is 25.2 Å². The Morgan fingerprint density at radius 2 is 1.51 bits per heavy atom. The first-order valence-corrected chi connectivity index (χ1v) is 11.1. The Kier molecular flexibility index (Phi) is 8.77. The van der Waals surface area contributed by atoms with Crippen molar-refractivity contribution in [1.29, 1.82) is 5.26 Å². The van der Waals surface area contributed by atoms with Gasteiger partial charge in [0.25, 0.3) is 0 Å². The maximum atomic E-state index is 14.3. The number of hydrogen-bond donors (Lipinski definition) is 0. The highest BCUT2D eigenvalue weighted by Gasteiger charge is 2.16. The fraction of sp³-hybridized carbons (Fsp3) is 0.154. The van der Waals surface area contributed by atoms with E-state index in [1.54, 1.807) is 5.40 Å². The van der Waals surface area contributed by atoms with Crippen molar-refractivity contribution >= 4 is 17.7 Å². The molecular formula is C26H17F4NO3S. The topological polar surface area (TPSA) is 59.3 Å². The zero-order valence-corrected chi connectivity index (χ0v) is 19.1. The van der Waals surface area contributed by atoms with Crippen LogP contribution in [0.25, 0.3) is 0 Å². The van der Waals surface area contributed by atoms with E-state index in [0.29, 0.717) is 23.9 Å². The Morgan fingerprint density at radius 1 is 0.914 bits per heavy atom. The molecule has 0 unspecified atom stereocenters. The van der Waals surface area contributed by atoms with Gasteiger partial charge in [-0.2, -0.15) is 5.26 Å². The van der Waals surface area contributed by atoms with E-state index in [1.807, 2.05) is 6.92 Å². The standard InChI is InChI=1S/C26H17F4NO3S/c1-2-3-10-33-18-11-21(27)20(22(28)12-18)9-6-16-4-7-17(8-5-16)26(32)34-19-13-23(29)25(35-15-31)24(30)14-19/h4-5,7-8,11-14H,2-3,10H2,1H3. The molecule has 178 valence electrons. The lowest BCUT2D eigenvalue weighted by atomic mass is 10.1. The zero-order valence-electron chi connectivity index (χ0n) is 18.3. The number of esters is 1. The minimum Gasteiger partial charge on any atom is -0.493 e. The number of benzene rings is 3. The summed E-state index contributed by atoms with van der Waals surface area (Å²) in [5, 5.41) is 10.1. The van der Waals surface area contributed by atoms with Crippen molar-refractivity contribution < 1.29 is 31.8 Å². The number of thiocyanates is 1. The van der Waals surface area contributed by atoms with Crippen molar-refractivity contribution in [3.63, 3.8) is 0 Å². The second kappa shape index (κ2) is 12.0. The lowest BCUT2D eigenvalue weighted by molar-refractivity contribution is 0.0733. The maximum Gasteiger partial charge on any atom is 0.343 e. The number of carbonyl (C=O) groups is 1. The quantitative estimate of drug-likeness (QED) is 0.0696. The van der Waals surface area contributed by atoms with Crippen LogP contribution in [-0.2, 0) is 0 Å². The van der Waals surface area contributed by atoms with Gasteiger partial charge in [-0.3, -0.25) is 0 Å². The summed E-state index contributed by atoms with van der Waals surface area (Å²) in [4.78, 5) is 11.8. The van der Waals surface area contributed by atoms with Gasteiger partial charge >= 0.3 is 5.97 Å². The molecular weight excluding hydrogens is 482 g/mol. The summed E-state index contributed by atoms with van der Waals surface area (Å²) in [5.41, 5.74) is -0.00485. The molecule has 0 aliphatic heterocycles. The van der Waals surface area contributed by atoms with Crippen molar-refractivity contribution in [3.8, 4) is 28.7 Å². The first-order valence-electron chi connectivity index (χ1n) is 10.3. The van der Waals surface area contributed by atoms with Crippen molar-refractivity contribution in [2.45, 2.75) is 24.7 Å². The number of hydrogen-bond acceptors (Lipinski definition) is 5. The van der Waals surface area contributed by atoms with Gasteiger partial charge in [-0.05, 0) is 42.4 Å². The highest BCUT2D eigenvalue weighted by atomic mass is 32.2. The van der Waals surface area contributed by atoms with Gasteiger partial charge in [0.2, 0.25) is 0 Å². The van der Waals surface area contributed by atoms with Crippen LogP contribution >= 0.6 is 11.8 Å². The molecule has 0 amide bonds. The van der Waals surface area contributed by atoms with Crippen LogP contribution in [0, 0.1) is 45.8 Å². The number of ether oxygens (including phenoxy) is 2. The van der Waals surface area contributed by atoms with Gasteiger partial charge in [0, 0.05) is 29.8 Å². The molecule has 35 heavy (non-hydrogen) atoms. The number of unbranched alkanes of at least 4 members (excludes halogenated alkanes) is 1. The van der Waals surface area contributed by atoms with Crippen LogP contribution in [0.5, 0.6) is 11.5 Å². The SMILES string of the molecule is CCCCOc1cc(F)c(C#Cc2ccc(C(=O)Oc3cc(F)c(SC#N)c(F)c3)cc2)c(F)c1. The molecule has 3 aromatic rings. The molecule has 3 rings (SSSR count). The van der Waals surface area contributed by atoms with Gasteiger partial charge in [-0.25, -0.2) is 22.4 Å². The third-order valence-electron chi connectivity index (χ3n) is 4.56. The van der Waals surface area contributed by atoms with Crippen molar-refractivity contribution in [2.24, 2.45) is 0 Å². The van der Waals surface area contributed by atoms with Crippen molar-refractivity contribution in [1.82, 2.24) is 0 Å². The summed E-state index contributed by atoms with van der Waals surface area (Å²) in [6, 6.07) is 9.27. The van der Waals surface area contributed by atoms with E-state index >= 15 is 0 Å². The van der Waals surface area contributed by atoms with E-state index in [0.717, 1.165) is 37.1 Å². The van der Waals surface area contributed by atoms with Crippen LogP contribution in [0.2, 0.25) is 0 Å². The van der Waals surface area contributed by atoms with Crippen LogP contribution in [0.3, 0.4) is 0 Å². The number of nitrogens with zero attached hydrogens (tertiary/aromatic N) is 1. The summed E-state index contributed by atoms with van der Waals surface area (Å²) < 4.78 is 66.6. The smallest absolute Gasteiger partial charge is 0.343 e. The van der Waals surface area contributed by atoms with E-state index in [2.05, 4.69) is 11.8 Å². The van der Waals surface area contributed by atoms with E-state index < -0.39 is 39.7 Å². The first kappa shape index (κ1) is 25.7. The van der Waals surface area contributed by atoms with Crippen LogP contribution in [0.15, 0.2) is 53.4 Å². The number of rotatable bonds is 7. The monoisotopic (exact) mass is 499 g/mol. The zero-order chi connectivity index (χ0) is 25.4. The summed E-state index contributed by atoms with van der Waals surface area (Å²) >= 11 is 0.312. The van der Waals surface area contributed by atoms with Crippen LogP contribution < -0.4 is 9.47 Å². The van der Waals surface area contributed by atoms with Crippen molar-refractivity contribution in [3.05, 3.63) is 88.5 Å². The lowest BCUT2D eigenvalue weighted by Gasteiger charge is -2.07. The lowest BCUT2D eigenvalue weighted by Crippen LogP contribution is -2.09. The Bertz CT molecular complexity index is 1300. The number of carbonyl (C=O) groups excluding carboxylic acids is 1. The summed E-state index contributed by atoms with van der Waals surface area (Å²) in [6.07, 6.45) is 1.65. The van der Waals surface area contributed by atoms with Crippen molar-refractivity contribution in [2.75, 3.05) is 6.61 Å². The molecule has 0 aromatic heterocycles. The minimum atomic E-state index is -1.04. The molecule has 0 spiro atoms. The average molecular weight is 499 g/mol. The minimum absolute atomic E-state index is 0.0535. The molecule has 0 fully saturated rings. The molecule has 4 nitrogen and oxygen atoms in total. The Labute approximate surface area is 203 Å². The third kappa shape index (κ3) is 6.78. The Hall–Kier alpha value is -3.95. The van der Waals surface area contributed by atoms with E-state index in [1.165, 1.54) is 24.3 Å². The van der Waals surface area contributed by atoms with Crippen LogP contribution in [0.4, 0.5) is 17.6 Å². The summed E-state index contributed by atoms with van der Waals surface area (Å²) in [6.45, 7) is 2.32. The summed E-state index contributed by atoms with van der Waals surface area (Å²) in [7, 11) is 0. The highest BCUT2D eigenvalue weighted by Crippen LogP contribution is 2.29. The molecule has 0 N–H and O–H groups in total. The first-order chi connectivity index (χ1) is 16.8. The van der Waals surface area contributed by atoms with Gasteiger partial charge in [0.15, 0.2) is 0 Å². The van der Waals surface area contributed by atoms with Gasteiger partial charge in [0.05, 0.1) is 22.6 Å². The summed E-state index contributed by atoms with van der Waals surface area (Å²) in [5.74, 6) is 0.0733. The van der Waals surface area contributed by atoms with E-state index in [9.17, 15) is 22.4 Å². The molecule has 0 saturated carbocycles. The van der Waals surface area contributed by atoms with Gasteiger partial charge in [0.1, 0.15) is 40.2 Å². The largest absolute Gasteiger partial charge is 0.493 e. The van der Waals surface area contributed by atoms with E-state index in [4.69, 9.17) is 14.7 Å². The number of thioether (sulfide) groups is 1. The maximum absolute atomic E-state index is 14.3. The molecule has 0 radical (unpaired) electrons. The number of nitriles is 1. The normalized spacial score (nSPS) is 10.2. The predicted molar refractivity (Wildman–Crippen MR) is 122 cm³/mol. The molecule has 9 heteroatoms. The Balaban J connectivity index is 1.71. The fourth-order valence-corrected chi connectivity index (χ4v) is 3.22. The molecule has 0 atom stereocenters. The second-order valence-corrected chi connectivity index (χ2v) is 7.89. The third-order valence-corrected chi connectivity index (χ3v) is 5.25.